The molecule has 2 heterocycles. The van der Waals surface area contributed by atoms with E-state index in [1.54, 1.807) is 0 Å². The van der Waals surface area contributed by atoms with Crippen LogP contribution in [-0.4, -0.2) is 43.3 Å². The highest BCUT2D eigenvalue weighted by atomic mass is 16.5. The number of nitrogens with two attached hydrogens (primary N) is 1. The lowest BCUT2D eigenvalue weighted by Gasteiger charge is -2.41. The fraction of sp³-hybridized carbons (Fsp3) is 1.00. The first-order valence-corrected chi connectivity index (χ1v) is 7.40. The van der Waals surface area contributed by atoms with Crippen LogP contribution < -0.4 is 5.73 Å². The van der Waals surface area contributed by atoms with Crippen molar-refractivity contribution >= 4 is 0 Å². The summed E-state index contributed by atoms with van der Waals surface area (Å²) in [4.78, 5) is 2.62. The van der Waals surface area contributed by atoms with Crippen molar-refractivity contribution in [1.29, 1.82) is 0 Å². The zero-order valence-electron chi connectivity index (χ0n) is 11.2. The van der Waals surface area contributed by atoms with Crippen LogP contribution in [0.25, 0.3) is 0 Å². The molecule has 2 fully saturated rings. The molecule has 3 nitrogen and oxygen atoms in total. The van der Waals surface area contributed by atoms with Crippen LogP contribution in [0.5, 0.6) is 0 Å². The van der Waals surface area contributed by atoms with Crippen molar-refractivity contribution in [3.63, 3.8) is 0 Å². The fourth-order valence-electron chi connectivity index (χ4n) is 3.49. The molecule has 3 atom stereocenters. The molecule has 0 aromatic heterocycles. The smallest absolute Gasteiger partial charge is 0.0588 e. The number of ether oxygens (including phenoxy) is 1. The van der Waals surface area contributed by atoms with Crippen LogP contribution in [0.15, 0.2) is 0 Å². The largest absolute Gasteiger partial charge is 0.378 e. The highest BCUT2D eigenvalue weighted by Gasteiger charge is 2.29. The summed E-state index contributed by atoms with van der Waals surface area (Å²) in [6.45, 7) is 6.53. The summed E-state index contributed by atoms with van der Waals surface area (Å²) in [5.41, 5.74) is 5.97. The molecule has 0 aromatic carbocycles. The molecule has 17 heavy (non-hydrogen) atoms. The van der Waals surface area contributed by atoms with E-state index in [9.17, 15) is 0 Å². The molecule has 0 aliphatic carbocycles. The van der Waals surface area contributed by atoms with Crippen LogP contribution in [0.3, 0.4) is 0 Å². The molecule has 3 unspecified atom stereocenters. The predicted octanol–water partition coefficient (Wildman–Crippen LogP) is 2.00. The highest BCUT2D eigenvalue weighted by molar-refractivity contribution is 4.85. The molecule has 2 saturated heterocycles. The van der Waals surface area contributed by atoms with Gasteiger partial charge in [-0.1, -0.05) is 13.3 Å². The van der Waals surface area contributed by atoms with E-state index in [0.717, 1.165) is 19.1 Å². The van der Waals surface area contributed by atoms with Gasteiger partial charge in [-0.05, 0) is 44.6 Å². The molecular weight excluding hydrogens is 212 g/mol. The van der Waals surface area contributed by atoms with Gasteiger partial charge in [0, 0.05) is 25.7 Å². The summed E-state index contributed by atoms with van der Waals surface area (Å²) in [5.74, 6) is 0.818. The van der Waals surface area contributed by atoms with Crippen molar-refractivity contribution in [2.75, 3.05) is 26.2 Å². The Bertz CT molecular complexity index is 216. The molecule has 2 rings (SSSR count). The van der Waals surface area contributed by atoms with E-state index in [4.69, 9.17) is 10.5 Å². The third-order valence-electron chi connectivity index (χ3n) is 4.56. The lowest BCUT2D eigenvalue weighted by Crippen LogP contribution is -2.49. The van der Waals surface area contributed by atoms with Gasteiger partial charge in [-0.3, -0.25) is 4.90 Å². The Kier molecular flexibility index (Phi) is 5.26. The number of rotatable bonds is 5. The standard InChI is InChI=1S/C14H28N2O/c1-2-12-5-3-8-16(14(12)11-15)9-7-13-6-4-10-17-13/h12-14H,2-11,15H2,1H3. The second-order valence-corrected chi connectivity index (χ2v) is 5.57. The Morgan fingerprint density at radius 1 is 1.29 bits per heavy atom. The maximum atomic E-state index is 5.97. The zero-order chi connectivity index (χ0) is 12.1. The molecule has 0 saturated carbocycles. The molecule has 100 valence electrons. The van der Waals surface area contributed by atoms with Crippen molar-refractivity contribution in [3.05, 3.63) is 0 Å². The second-order valence-electron chi connectivity index (χ2n) is 5.57. The van der Waals surface area contributed by atoms with Gasteiger partial charge in [0.25, 0.3) is 0 Å². The first-order valence-electron chi connectivity index (χ1n) is 7.40. The first-order chi connectivity index (χ1) is 8.35. The Morgan fingerprint density at radius 2 is 2.18 bits per heavy atom. The van der Waals surface area contributed by atoms with E-state index in [1.807, 2.05) is 0 Å². The SMILES string of the molecule is CCC1CCCN(CCC2CCCO2)C1CN. The topological polar surface area (TPSA) is 38.5 Å². The van der Waals surface area contributed by atoms with Gasteiger partial charge in [-0.15, -0.1) is 0 Å². The summed E-state index contributed by atoms with van der Waals surface area (Å²) in [7, 11) is 0. The van der Waals surface area contributed by atoms with Gasteiger partial charge in [0.1, 0.15) is 0 Å². The average Bonchev–Trinajstić information content (AvgIpc) is 2.88. The van der Waals surface area contributed by atoms with Crippen molar-refractivity contribution in [1.82, 2.24) is 4.90 Å². The number of hydrogen-bond donors (Lipinski definition) is 1. The van der Waals surface area contributed by atoms with Crippen LogP contribution in [0.1, 0.15) is 45.4 Å². The Labute approximate surface area is 106 Å². The fourth-order valence-corrected chi connectivity index (χ4v) is 3.49. The average molecular weight is 240 g/mol. The third kappa shape index (κ3) is 3.43. The molecular formula is C14H28N2O. The normalized spacial score (nSPS) is 35.3. The van der Waals surface area contributed by atoms with Gasteiger partial charge in [0.2, 0.25) is 0 Å². The van der Waals surface area contributed by atoms with Gasteiger partial charge in [-0.25, -0.2) is 0 Å². The van der Waals surface area contributed by atoms with Crippen LogP contribution in [-0.2, 0) is 4.74 Å². The monoisotopic (exact) mass is 240 g/mol. The molecule has 0 bridgehead atoms. The van der Waals surface area contributed by atoms with Crippen LogP contribution in [0, 0.1) is 5.92 Å². The summed E-state index contributed by atoms with van der Waals surface area (Å²) < 4.78 is 5.71. The summed E-state index contributed by atoms with van der Waals surface area (Å²) >= 11 is 0. The Hall–Kier alpha value is -0.120. The van der Waals surface area contributed by atoms with E-state index in [1.165, 1.54) is 51.6 Å². The molecule has 2 N–H and O–H groups in total. The van der Waals surface area contributed by atoms with Crippen molar-refractivity contribution < 1.29 is 4.74 Å². The van der Waals surface area contributed by atoms with E-state index in [2.05, 4.69) is 11.8 Å². The Morgan fingerprint density at radius 3 is 2.82 bits per heavy atom. The van der Waals surface area contributed by atoms with Crippen LogP contribution in [0.2, 0.25) is 0 Å². The quantitative estimate of drug-likeness (QED) is 0.799. The van der Waals surface area contributed by atoms with E-state index < -0.39 is 0 Å². The minimum Gasteiger partial charge on any atom is -0.378 e. The third-order valence-corrected chi connectivity index (χ3v) is 4.56. The van der Waals surface area contributed by atoms with Gasteiger partial charge in [0.05, 0.1) is 6.10 Å². The molecule has 0 aromatic rings. The summed E-state index contributed by atoms with van der Waals surface area (Å²) in [6, 6.07) is 0.621. The molecule has 2 aliphatic heterocycles. The highest BCUT2D eigenvalue weighted by Crippen LogP contribution is 2.26. The van der Waals surface area contributed by atoms with Crippen molar-refractivity contribution in [2.45, 2.75) is 57.6 Å². The van der Waals surface area contributed by atoms with Gasteiger partial charge >= 0.3 is 0 Å². The summed E-state index contributed by atoms with van der Waals surface area (Å²) in [5, 5.41) is 0. The first kappa shape index (κ1) is 13.3. The van der Waals surface area contributed by atoms with E-state index in [0.29, 0.717) is 12.1 Å². The van der Waals surface area contributed by atoms with Crippen molar-refractivity contribution in [3.8, 4) is 0 Å². The minimum atomic E-state index is 0.524. The second kappa shape index (κ2) is 6.72. The lowest BCUT2D eigenvalue weighted by molar-refractivity contribution is 0.0577. The van der Waals surface area contributed by atoms with E-state index >= 15 is 0 Å². The van der Waals surface area contributed by atoms with Crippen molar-refractivity contribution in [2.24, 2.45) is 11.7 Å². The molecule has 2 aliphatic rings. The zero-order valence-corrected chi connectivity index (χ0v) is 11.2. The van der Waals surface area contributed by atoms with Gasteiger partial charge < -0.3 is 10.5 Å². The number of hydrogen-bond acceptors (Lipinski definition) is 3. The predicted molar refractivity (Wildman–Crippen MR) is 71.0 cm³/mol. The minimum absolute atomic E-state index is 0.524. The maximum absolute atomic E-state index is 5.97. The Balaban J connectivity index is 1.80. The molecule has 0 amide bonds. The van der Waals surface area contributed by atoms with Gasteiger partial charge in [0.15, 0.2) is 0 Å². The molecule has 3 heteroatoms. The van der Waals surface area contributed by atoms with Crippen LogP contribution >= 0.6 is 0 Å². The van der Waals surface area contributed by atoms with E-state index in [-0.39, 0.29) is 0 Å². The number of nitrogens with zero attached hydrogens (tertiary/aromatic N) is 1. The van der Waals surface area contributed by atoms with Gasteiger partial charge in [-0.2, -0.15) is 0 Å². The number of likely N-dealkylation sites (tertiary alicyclic amines) is 1. The lowest BCUT2D eigenvalue weighted by atomic mass is 9.87. The maximum Gasteiger partial charge on any atom is 0.0588 e. The molecule has 0 radical (unpaired) electrons. The summed E-state index contributed by atoms with van der Waals surface area (Å²) in [6.07, 6.45) is 8.23. The number of piperidine rings is 1. The van der Waals surface area contributed by atoms with Crippen LogP contribution in [0.4, 0.5) is 0 Å². The molecule has 0 spiro atoms.